The van der Waals surface area contributed by atoms with Crippen molar-refractivity contribution in [2.75, 3.05) is 12.4 Å². The van der Waals surface area contributed by atoms with Crippen LogP contribution in [0.1, 0.15) is 20.7 Å². The number of pyridine rings is 1. The molecule has 7 heteroatoms. The molecule has 0 aliphatic carbocycles. The summed E-state index contributed by atoms with van der Waals surface area (Å²) >= 11 is 0. The third-order valence-electron chi connectivity index (χ3n) is 2.70. The van der Waals surface area contributed by atoms with Crippen molar-refractivity contribution < 1.29 is 24.5 Å². The van der Waals surface area contributed by atoms with Gasteiger partial charge in [0.25, 0.3) is 5.91 Å². The molecule has 21 heavy (non-hydrogen) atoms. The van der Waals surface area contributed by atoms with E-state index >= 15 is 0 Å². The van der Waals surface area contributed by atoms with Crippen molar-refractivity contribution in [3.8, 4) is 11.6 Å². The molecule has 0 atom stereocenters. The van der Waals surface area contributed by atoms with Crippen LogP contribution in [0.15, 0.2) is 36.5 Å². The Kier molecular flexibility index (Phi) is 4.03. The Bertz CT molecular complexity index is 700. The van der Waals surface area contributed by atoms with E-state index in [9.17, 15) is 14.7 Å². The predicted molar refractivity (Wildman–Crippen MR) is 73.8 cm³/mol. The van der Waals surface area contributed by atoms with Crippen LogP contribution in [0.25, 0.3) is 0 Å². The van der Waals surface area contributed by atoms with Crippen molar-refractivity contribution >= 4 is 17.6 Å². The number of carbonyl (C=O) groups is 2. The van der Waals surface area contributed by atoms with Crippen LogP contribution in [0.3, 0.4) is 0 Å². The Hall–Kier alpha value is -3.09. The number of phenols is 1. The largest absolute Gasteiger partial charge is 0.507 e. The number of carboxylic acids is 1. The molecule has 0 radical (unpaired) electrons. The molecule has 3 N–H and O–H groups in total. The van der Waals surface area contributed by atoms with Gasteiger partial charge in [-0.25, -0.2) is 9.78 Å². The first kappa shape index (κ1) is 14.3. The number of benzene rings is 1. The highest BCUT2D eigenvalue weighted by Gasteiger charge is 2.15. The van der Waals surface area contributed by atoms with Crippen LogP contribution in [-0.2, 0) is 0 Å². The summed E-state index contributed by atoms with van der Waals surface area (Å²) in [5.41, 5.74) is 0.238. The molecule has 0 unspecified atom stereocenters. The average Bonchev–Trinajstić information content (AvgIpc) is 2.46. The highest BCUT2D eigenvalue weighted by Crippen LogP contribution is 2.23. The molecule has 0 spiro atoms. The van der Waals surface area contributed by atoms with Crippen LogP contribution in [0, 0.1) is 0 Å². The first-order valence-corrected chi connectivity index (χ1v) is 5.89. The molecular weight excluding hydrogens is 276 g/mol. The summed E-state index contributed by atoms with van der Waals surface area (Å²) in [7, 11) is 1.40. The average molecular weight is 288 g/mol. The van der Waals surface area contributed by atoms with Gasteiger partial charge in [0.15, 0.2) is 0 Å². The lowest BCUT2D eigenvalue weighted by atomic mass is 10.1. The number of aromatic nitrogens is 1. The number of carboxylic acid groups (broad SMARTS) is 1. The monoisotopic (exact) mass is 288 g/mol. The van der Waals surface area contributed by atoms with E-state index in [0.29, 0.717) is 0 Å². The second-order valence-electron chi connectivity index (χ2n) is 4.05. The molecule has 0 saturated heterocycles. The first-order valence-electron chi connectivity index (χ1n) is 5.89. The molecule has 2 aromatic rings. The maximum Gasteiger partial charge on any atom is 0.339 e. The number of nitrogens with zero attached hydrogens (tertiary/aromatic N) is 1. The molecule has 1 aromatic carbocycles. The van der Waals surface area contributed by atoms with Gasteiger partial charge in [0.2, 0.25) is 5.88 Å². The van der Waals surface area contributed by atoms with Crippen LogP contribution in [0.4, 0.5) is 5.69 Å². The van der Waals surface area contributed by atoms with Gasteiger partial charge >= 0.3 is 5.97 Å². The lowest BCUT2D eigenvalue weighted by Crippen LogP contribution is -2.14. The summed E-state index contributed by atoms with van der Waals surface area (Å²) in [6, 6.07) is 6.86. The number of amides is 1. The zero-order chi connectivity index (χ0) is 15.4. The van der Waals surface area contributed by atoms with Crippen LogP contribution in [0.5, 0.6) is 11.6 Å². The first-order chi connectivity index (χ1) is 10.0. The number of hydrogen-bond acceptors (Lipinski definition) is 5. The molecule has 0 aliphatic heterocycles. The zero-order valence-electron chi connectivity index (χ0n) is 11.0. The molecule has 1 aromatic heterocycles. The third kappa shape index (κ3) is 3.08. The fourth-order valence-electron chi connectivity index (χ4n) is 1.71. The van der Waals surface area contributed by atoms with Crippen LogP contribution in [0.2, 0.25) is 0 Å². The number of ether oxygens (including phenoxy) is 1. The second kappa shape index (κ2) is 5.91. The molecule has 0 bridgehead atoms. The van der Waals surface area contributed by atoms with E-state index < -0.39 is 17.6 Å². The summed E-state index contributed by atoms with van der Waals surface area (Å²) in [6.45, 7) is 0. The quantitative estimate of drug-likeness (QED) is 0.790. The van der Waals surface area contributed by atoms with Gasteiger partial charge in [-0.1, -0.05) is 0 Å². The predicted octanol–water partition coefficient (Wildman–Crippen LogP) is 1.75. The number of anilines is 1. The number of hydrogen-bond donors (Lipinski definition) is 3. The van der Waals surface area contributed by atoms with Gasteiger partial charge in [-0.3, -0.25) is 4.79 Å². The minimum Gasteiger partial charge on any atom is -0.507 e. The van der Waals surface area contributed by atoms with E-state index in [1.54, 1.807) is 6.07 Å². The van der Waals surface area contributed by atoms with Crippen molar-refractivity contribution in [2.24, 2.45) is 0 Å². The van der Waals surface area contributed by atoms with Crippen molar-refractivity contribution in [2.45, 2.75) is 0 Å². The number of methoxy groups -OCH3 is 1. The van der Waals surface area contributed by atoms with Crippen LogP contribution in [-0.4, -0.2) is 34.2 Å². The highest BCUT2D eigenvalue weighted by molar-refractivity contribution is 6.06. The van der Waals surface area contributed by atoms with Crippen LogP contribution >= 0.6 is 0 Å². The maximum absolute atomic E-state index is 12.1. The molecule has 0 saturated carbocycles. The summed E-state index contributed by atoms with van der Waals surface area (Å²) in [4.78, 5) is 26.8. The van der Waals surface area contributed by atoms with Gasteiger partial charge < -0.3 is 20.3 Å². The van der Waals surface area contributed by atoms with Crippen molar-refractivity contribution in [3.63, 3.8) is 0 Å². The highest BCUT2D eigenvalue weighted by atomic mass is 16.5. The molecule has 0 aliphatic rings. The second-order valence-corrected chi connectivity index (χ2v) is 4.05. The lowest BCUT2D eigenvalue weighted by molar-refractivity contribution is 0.0693. The van der Waals surface area contributed by atoms with Crippen molar-refractivity contribution in [3.05, 3.63) is 47.7 Å². The van der Waals surface area contributed by atoms with Crippen molar-refractivity contribution in [1.29, 1.82) is 0 Å². The fraction of sp³-hybridized carbons (Fsp3) is 0.0714. The summed E-state index contributed by atoms with van der Waals surface area (Å²) < 4.78 is 4.98. The summed E-state index contributed by atoms with van der Waals surface area (Å²) in [5, 5.41) is 20.9. The van der Waals surface area contributed by atoms with E-state index in [1.807, 2.05) is 0 Å². The Morgan fingerprint density at radius 3 is 2.62 bits per heavy atom. The van der Waals surface area contributed by atoms with Gasteiger partial charge in [0, 0.05) is 18.0 Å². The van der Waals surface area contributed by atoms with Gasteiger partial charge in [-0.15, -0.1) is 0 Å². The van der Waals surface area contributed by atoms with E-state index in [-0.39, 0.29) is 22.7 Å². The smallest absolute Gasteiger partial charge is 0.339 e. The maximum atomic E-state index is 12.1. The van der Waals surface area contributed by atoms with Gasteiger partial charge in [0.05, 0.1) is 7.11 Å². The molecule has 1 amide bonds. The molecule has 108 valence electrons. The number of rotatable bonds is 4. The van der Waals surface area contributed by atoms with Gasteiger partial charge in [-0.05, 0) is 24.3 Å². The number of aromatic hydroxyl groups is 1. The molecule has 7 nitrogen and oxygen atoms in total. The standard InChI is InChI=1S/C14H12N2O5/c1-21-13-10(3-2-6-15-13)12(18)16-8-4-5-9(14(19)20)11(17)7-8/h2-7,17H,1H3,(H,16,18)(H,19,20). The summed E-state index contributed by atoms with van der Waals surface area (Å²) in [5.74, 6) is -2.00. The molecule has 0 fully saturated rings. The SMILES string of the molecule is COc1ncccc1C(=O)Nc1ccc(C(=O)O)c(O)c1. The molecular formula is C14H12N2O5. The number of aromatic carboxylic acids is 1. The van der Waals surface area contributed by atoms with E-state index in [0.717, 1.165) is 6.07 Å². The van der Waals surface area contributed by atoms with Gasteiger partial charge in [0.1, 0.15) is 16.9 Å². The third-order valence-corrected chi connectivity index (χ3v) is 2.70. The van der Waals surface area contributed by atoms with Crippen LogP contribution < -0.4 is 10.1 Å². The van der Waals surface area contributed by atoms with E-state index in [1.165, 1.54) is 31.5 Å². The van der Waals surface area contributed by atoms with E-state index in [2.05, 4.69) is 10.3 Å². The fourth-order valence-corrected chi connectivity index (χ4v) is 1.71. The lowest BCUT2D eigenvalue weighted by Gasteiger charge is -2.09. The normalized spacial score (nSPS) is 9.95. The van der Waals surface area contributed by atoms with Gasteiger partial charge in [-0.2, -0.15) is 0 Å². The topological polar surface area (TPSA) is 109 Å². The Labute approximate surface area is 119 Å². The Morgan fingerprint density at radius 1 is 1.24 bits per heavy atom. The minimum absolute atomic E-state index is 0.168. The minimum atomic E-state index is -1.25. The summed E-state index contributed by atoms with van der Waals surface area (Å²) in [6.07, 6.45) is 1.49. The van der Waals surface area contributed by atoms with E-state index in [4.69, 9.17) is 9.84 Å². The zero-order valence-corrected chi connectivity index (χ0v) is 11.0. The molecule has 2 rings (SSSR count). The number of carbonyl (C=O) groups excluding carboxylic acids is 1. The Balaban J connectivity index is 2.24. The Morgan fingerprint density at radius 2 is 2.00 bits per heavy atom. The van der Waals surface area contributed by atoms with Crippen molar-refractivity contribution in [1.82, 2.24) is 4.98 Å². The number of nitrogens with one attached hydrogen (secondary N) is 1. The molecule has 1 heterocycles.